The topological polar surface area (TPSA) is 0 Å². The van der Waals surface area contributed by atoms with Crippen LogP contribution in [-0.2, 0) is 12.8 Å². The Labute approximate surface area is 178 Å². The Hall–Kier alpha value is -2.02. The summed E-state index contributed by atoms with van der Waals surface area (Å²) < 4.78 is 0. The van der Waals surface area contributed by atoms with Crippen LogP contribution in [0.2, 0.25) is 10.0 Å². The van der Waals surface area contributed by atoms with E-state index < -0.39 is 0 Å². The Morgan fingerprint density at radius 1 is 0.714 bits per heavy atom. The fourth-order valence-corrected chi connectivity index (χ4v) is 3.73. The van der Waals surface area contributed by atoms with Crippen LogP contribution in [0.5, 0.6) is 0 Å². The molecule has 0 aliphatic rings. The van der Waals surface area contributed by atoms with Gasteiger partial charge in [0.2, 0.25) is 0 Å². The average molecular weight is 409 g/mol. The van der Waals surface area contributed by atoms with E-state index in [9.17, 15) is 0 Å². The van der Waals surface area contributed by atoms with E-state index in [2.05, 4.69) is 62.4 Å². The Morgan fingerprint density at radius 3 is 1.75 bits per heavy atom. The lowest BCUT2D eigenvalue weighted by Crippen LogP contribution is -1.95. The van der Waals surface area contributed by atoms with E-state index in [1.165, 1.54) is 28.7 Å². The van der Waals surface area contributed by atoms with Crippen LogP contribution in [0.15, 0.2) is 66.7 Å². The molecule has 3 aromatic rings. The summed E-state index contributed by atoms with van der Waals surface area (Å²) in [5.74, 6) is 0. The van der Waals surface area contributed by atoms with Crippen LogP contribution < -0.4 is 0 Å². The minimum Gasteiger partial charge on any atom is -0.0843 e. The van der Waals surface area contributed by atoms with E-state index >= 15 is 0 Å². The van der Waals surface area contributed by atoms with Gasteiger partial charge in [0, 0.05) is 10.0 Å². The quantitative estimate of drug-likeness (QED) is 0.343. The van der Waals surface area contributed by atoms with Gasteiger partial charge in [0.05, 0.1) is 0 Å². The van der Waals surface area contributed by atoms with Gasteiger partial charge in [-0.25, -0.2) is 0 Å². The van der Waals surface area contributed by atoms with E-state index in [-0.39, 0.29) is 0 Å². The summed E-state index contributed by atoms with van der Waals surface area (Å²) in [7, 11) is 0. The molecule has 0 aromatic heterocycles. The lowest BCUT2D eigenvalue weighted by atomic mass is 9.92. The SMILES string of the molecule is CCCc1ccc(C=C(c2ccc(Cl)cc2)c2ccc(Cl)cc2)c(CCC)c1. The number of aryl methyl sites for hydroxylation is 2. The molecule has 0 radical (unpaired) electrons. The Morgan fingerprint density at radius 2 is 1.25 bits per heavy atom. The molecule has 0 saturated heterocycles. The first-order valence-electron chi connectivity index (χ1n) is 9.96. The van der Waals surface area contributed by atoms with E-state index in [1.54, 1.807) is 0 Å². The van der Waals surface area contributed by atoms with Gasteiger partial charge >= 0.3 is 0 Å². The highest BCUT2D eigenvalue weighted by Crippen LogP contribution is 2.30. The van der Waals surface area contributed by atoms with Crippen LogP contribution in [-0.4, -0.2) is 0 Å². The van der Waals surface area contributed by atoms with Crippen molar-refractivity contribution in [3.05, 3.63) is 105 Å². The van der Waals surface area contributed by atoms with Crippen molar-refractivity contribution in [3.63, 3.8) is 0 Å². The molecule has 0 aliphatic heterocycles. The average Bonchev–Trinajstić information content (AvgIpc) is 2.70. The normalized spacial score (nSPS) is 10.7. The molecule has 0 unspecified atom stereocenters. The highest BCUT2D eigenvalue weighted by Gasteiger charge is 2.09. The summed E-state index contributed by atoms with van der Waals surface area (Å²) >= 11 is 12.2. The number of rotatable bonds is 7. The molecule has 0 N–H and O–H groups in total. The van der Waals surface area contributed by atoms with Gasteiger partial charge in [-0.15, -0.1) is 0 Å². The largest absolute Gasteiger partial charge is 0.0843 e. The molecule has 0 spiro atoms. The van der Waals surface area contributed by atoms with Crippen molar-refractivity contribution in [1.82, 2.24) is 0 Å². The molecular weight excluding hydrogens is 383 g/mol. The standard InChI is InChI=1S/C26H26Cl2/c1-3-5-19-7-8-23(22(17-19)6-4-2)18-26(20-9-13-24(27)14-10-20)21-11-15-25(28)16-12-21/h7-18H,3-6H2,1-2H3. The van der Waals surface area contributed by atoms with E-state index in [4.69, 9.17) is 23.2 Å². The van der Waals surface area contributed by atoms with Gasteiger partial charge in [-0.2, -0.15) is 0 Å². The summed E-state index contributed by atoms with van der Waals surface area (Å²) in [5.41, 5.74) is 7.57. The summed E-state index contributed by atoms with van der Waals surface area (Å²) in [4.78, 5) is 0. The minimum atomic E-state index is 0.745. The maximum atomic E-state index is 6.12. The van der Waals surface area contributed by atoms with Crippen LogP contribution in [0.1, 0.15) is 54.5 Å². The molecular formula is C26H26Cl2. The predicted molar refractivity (Wildman–Crippen MR) is 124 cm³/mol. The van der Waals surface area contributed by atoms with E-state index in [0.717, 1.165) is 40.4 Å². The molecule has 0 bridgehead atoms. The van der Waals surface area contributed by atoms with Crippen molar-refractivity contribution in [2.45, 2.75) is 39.5 Å². The second kappa shape index (κ2) is 9.96. The zero-order chi connectivity index (χ0) is 19.9. The van der Waals surface area contributed by atoms with Crippen molar-refractivity contribution in [2.24, 2.45) is 0 Å². The molecule has 0 nitrogen and oxygen atoms in total. The van der Waals surface area contributed by atoms with Crippen molar-refractivity contribution in [1.29, 1.82) is 0 Å². The van der Waals surface area contributed by atoms with Gasteiger partial charge in [-0.3, -0.25) is 0 Å². The van der Waals surface area contributed by atoms with Crippen LogP contribution in [0.25, 0.3) is 11.6 Å². The third kappa shape index (κ3) is 5.28. The Bertz CT molecular complexity index is 888. The van der Waals surface area contributed by atoms with Gasteiger partial charge in [0.1, 0.15) is 0 Å². The van der Waals surface area contributed by atoms with Crippen LogP contribution in [0.4, 0.5) is 0 Å². The molecule has 3 rings (SSSR count). The zero-order valence-electron chi connectivity index (χ0n) is 16.5. The second-order valence-electron chi connectivity index (χ2n) is 7.10. The number of hydrogen-bond donors (Lipinski definition) is 0. The predicted octanol–water partition coefficient (Wildman–Crippen LogP) is 8.49. The maximum Gasteiger partial charge on any atom is 0.0406 e. The lowest BCUT2D eigenvalue weighted by molar-refractivity contribution is 0.894. The molecule has 0 fully saturated rings. The fourth-order valence-electron chi connectivity index (χ4n) is 3.48. The molecule has 0 heterocycles. The molecule has 0 amide bonds. The van der Waals surface area contributed by atoms with Crippen molar-refractivity contribution in [2.75, 3.05) is 0 Å². The first-order valence-corrected chi connectivity index (χ1v) is 10.7. The first-order chi connectivity index (χ1) is 13.6. The molecule has 2 heteroatoms. The van der Waals surface area contributed by atoms with Gasteiger partial charge in [-0.05, 0) is 76.6 Å². The molecule has 0 aliphatic carbocycles. The lowest BCUT2D eigenvalue weighted by Gasteiger charge is -2.13. The molecule has 0 saturated carbocycles. The van der Waals surface area contributed by atoms with Gasteiger partial charge in [0.15, 0.2) is 0 Å². The summed E-state index contributed by atoms with van der Waals surface area (Å²) in [6.07, 6.45) is 6.81. The summed E-state index contributed by atoms with van der Waals surface area (Å²) in [5, 5.41) is 1.49. The summed E-state index contributed by atoms with van der Waals surface area (Å²) in [6, 6.07) is 23.0. The van der Waals surface area contributed by atoms with Crippen LogP contribution in [0.3, 0.4) is 0 Å². The van der Waals surface area contributed by atoms with Crippen LogP contribution in [0, 0.1) is 0 Å². The zero-order valence-corrected chi connectivity index (χ0v) is 18.0. The number of halogens is 2. The van der Waals surface area contributed by atoms with E-state index in [0.29, 0.717) is 0 Å². The maximum absolute atomic E-state index is 6.12. The second-order valence-corrected chi connectivity index (χ2v) is 7.98. The monoisotopic (exact) mass is 408 g/mol. The third-order valence-corrected chi connectivity index (χ3v) is 5.38. The van der Waals surface area contributed by atoms with Gasteiger partial charge in [-0.1, -0.05) is 92.4 Å². The van der Waals surface area contributed by atoms with Crippen molar-refractivity contribution >= 4 is 34.9 Å². The first kappa shape index (κ1) is 20.7. The number of benzene rings is 3. The van der Waals surface area contributed by atoms with Gasteiger partial charge in [0.25, 0.3) is 0 Å². The highest BCUT2D eigenvalue weighted by atomic mass is 35.5. The number of hydrogen-bond acceptors (Lipinski definition) is 0. The minimum absolute atomic E-state index is 0.745. The fraction of sp³-hybridized carbons (Fsp3) is 0.231. The van der Waals surface area contributed by atoms with Crippen molar-refractivity contribution in [3.8, 4) is 0 Å². The molecule has 3 aromatic carbocycles. The molecule has 144 valence electrons. The summed E-state index contributed by atoms with van der Waals surface area (Å²) in [6.45, 7) is 4.46. The van der Waals surface area contributed by atoms with Crippen molar-refractivity contribution < 1.29 is 0 Å². The Balaban J connectivity index is 2.12. The smallest absolute Gasteiger partial charge is 0.0406 e. The van der Waals surface area contributed by atoms with Crippen LogP contribution >= 0.6 is 23.2 Å². The third-order valence-electron chi connectivity index (χ3n) is 4.88. The molecule has 0 atom stereocenters. The van der Waals surface area contributed by atoms with E-state index in [1.807, 2.05) is 24.3 Å². The molecule has 28 heavy (non-hydrogen) atoms. The highest BCUT2D eigenvalue weighted by molar-refractivity contribution is 6.31. The Kier molecular flexibility index (Phi) is 7.36. The van der Waals surface area contributed by atoms with Gasteiger partial charge < -0.3 is 0 Å².